The maximum atomic E-state index is 13.3. The van der Waals surface area contributed by atoms with Crippen molar-refractivity contribution in [3.63, 3.8) is 0 Å². The van der Waals surface area contributed by atoms with E-state index in [2.05, 4.69) is 32.6 Å². The van der Waals surface area contributed by atoms with Gasteiger partial charge in [0.15, 0.2) is 5.41 Å². The van der Waals surface area contributed by atoms with Gasteiger partial charge in [-0.3, -0.25) is 14.4 Å². The zero-order valence-corrected chi connectivity index (χ0v) is 42.7. The lowest BCUT2D eigenvalue weighted by Gasteiger charge is -2.25. The van der Waals surface area contributed by atoms with E-state index < -0.39 is 17.4 Å². The highest BCUT2D eigenvalue weighted by Gasteiger charge is 2.43. The van der Waals surface area contributed by atoms with Crippen molar-refractivity contribution in [2.45, 2.75) is 291 Å². The standard InChI is InChI=1S/C55H107NO7/c1-6-10-14-18-25-33-41-51(42-34-26-19-15-11-7-2)63-52(58)43-35-27-24-30-38-46-56(47-48-57)45-37-29-23-22-28-36-44-55(5,53(59)61-49-39-31-20-16-12-8-3)54(60)62-50-40-32-21-17-13-9-4/h51,57H,6-50H2,1-5H3. The SMILES string of the molecule is CCCCCCCCOC(=O)C(C)(CCCCCCCCN(CCO)CCCCCCCC(=O)OC(CCCCCCCC)CCCCCCCC)C(=O)OCCCCCCCC. The van der Waals surface area contributed by atoms with E-state index in [1.54, 1.807) is 6.92 Å². The van der Waals surface area contributed by atoms with Crippen LogP contribution in [0.15, 0.2) is 0 Å². The first kappa shape index (κ1) is 61.3. The van der Waals surface area contributed by atoms with Crippen LogP contribution < -0.4 is 0 Å². The van der Waals surface area contributed by atoms with Crippen molar-refractivity contribution in [1.82, 2.24) is 4.90 Å². The summed E-state index contributed by atoms with van der Waals surface area (Å²) in [5.74, 6) is -0.842. The molecule has 0 amide bonds. The molecule has 0 aliphatic rings. The normalized spacial score (nSPS) is 11.8. The van der Waals surface area contributed by atoms with Gasteiger partial charge in [-0.25, -0.2) is 0 Å². The summed E-state index contributed by atoms with van der Waals surface area (Å²) in [5, 5.41) is 9.70. The van der Waals surface area contributed by atoms with Gasteiger partial charge in [-0.1, -0.05) is 207 Å². The molecule has 0 unspecified atom stereocenters. The molecule has 63 heavy (non-hydrogen) atoms. The predicted molar refractivity (Wildman–Crippen MR) is 266 cm³/mol. The van der Waals surface area contributed by atoms with Crippen LogP contribution in [0.25, 0.3) is 0 Å². The molecule has 8 nitrogen and oxygen atoms in total. The maximum Gasteiger partial charge on any atom is 0.323 e. The van der Waals surface area contributed by atoms with E-state index in [0.717, 1.165) is 135 Å². The van der Waals surface area contributed by atoms with Crippen molar-refractivity contribution in [3.8, 4) is 0 Å². The van der Waals surface area contributed by atoms with E-state index in [9.17, 15) is 19.5 Å². The predicted octanol–water partition coefficient (Wildman–Crippen LogP) is 15.6. The average Bonchev–Trinajstić information content (AvgIpc) is 3.28. The Labute approximate surface area is 391 Å². The Balaban J connectivity index is 4.48. The Morgan fingerprint density at radius 2 is 0.794 bits per heavy atom. The molecular formula is C55H107NO7. The van der Waals surface area contributed by atoms with Crippen LogP contribution in [0.1, 0.15) is 285 Å². The van der Waals surface area contributed by atoms with E-state index in [0.29, 0.717) is 32.6 Å². The fraction of sp³-hybridized carbons (Fsp3) is 0.945. The van der Waals surface area contributed by atoms with E-state index in [1.165, 1.54) is 116 Å². The molecule has 0 aliphatic carbocycles. The van der Waals surface area contributed by atoms with Gasteiger partial charge < -0.3 is 24.2 Å². The molecular weight excluding hydrogens is 787 g/mol. The zero-order valence-electron chi connectivity index (χ0n) is 42.7. The average molecular weight is 894 g/mol. The molecule has 0 aromatic rings. The molecule has 0 bridgehead atoms. The molecule has 0 spiro atoms. The summed E-state index contributed by atoms with van der Waals surface area (Å²) < 4.78 is 17.4. The Bertz CT molecular complexity index is 959. The van der Waals surface area contributed by atoms with Gasteiger partial charge in [0.2, 0.25) is 0 Å². The second-order valence-electron chi connectivity index (χ2n) is 19.3. The minimum Gasteiger partial charge on any atom is -0.465 e. The molecule has 0 fully saturated rings. The van der Waals surface area contributed by atoms with Crippen LogP contribution in [-0.2, 0) is 28.6 Å². The van der Waals surface area contributed by atoms with E-state index in [1.807, 2.05) is 0 Å². The van der Waals surface area contributed by atoms with Crippen LogP contribution in [0.2, 0.25) is 0 Å². The van der Waals surface area contributed by atoms with Crippen LogP contribution in [0.3, 0.4) is 0 Å². The fourth-order valence-corrected chi connectivity index (χ4v) is 8.65. The first-order valence-corrected chi connectivity index (χ1v) is 27.7. The van der Waals surface area contributed by atoms with Gasteiger partial charge in [0.1, 0.15) is 6.10 Å². The van der Waals surface area contributed by atoms with Crippen molar-refractivity contribution >= 4 is 17.9 Å². The Hall–Kier alpha value is -1.67. The van der Waals surface area contributed by atoms with E-state index in [-0.39, 0.29) is 18.7 Å². The lowest BCUT2D eigenvalue weighted by Crippen LogP contribution is -2.39. The maximum absolute atomic E-state index is 13.3. The van der Waals surface area contributed by atoms with Gasteiger partial charge in [0, 0.05) is 13.0 Å². The number of ether oxygens (including phenoxy) is 3. The number of nitrogens with zero attached hydrogens (tertiary/aromatic N) is 1. The molecule has 0 aliphatic heterocycles. The molecule has 0 atom stereocenters. The van der Waals surface area contributed by atoms with Crippen molar-refractivity contribution in [3.05, 3.63) is 0 Å². The third kappa shape index (κ3) is 38.2. The number of rotatable bonds is 50. The summed E-state index contributed by atoms with van der Waals surface area (Å²) in [5.41, 5.74) is -1.25. The summed E-state index contributed by atoms with van der Waals surface area (Å²) in [6.45, 7) is 14.3. The summed E-state index contributed by atoms with van der Waals surface area (Å²) in [4.78, 5) is 41.8. The summed E-state index contributed by atoms with van der Waals surface area (Å²) in [7, 11) is 0. The molecule has 0 saturated carbocycles. The topological polar surface area (TPSA) is 102 Å². The number of aliphatic hydroxyl groups excluding tert-OH is 1. The van der Waals surface area contributed by atoms with Gasteiger partial charge in [0.25, 0.3) is 0 Å². The third-order valence-corrected chi connectivity index (χ3v) is 13.1. The third-order valence-electron chi connectivity index (χ3n) is 13.1. The van der Waals surface area contributed by atoms with Crippen LogP contribution in [0, 0.1) is 5.41 Å². The van der Waals surface area contributed by atoms with Crippen molar-refractivity contribution in [2.24, 2.45) is 5.41 Å². The molecule has 0 rings (SSSR count). The second-order valence-corrected chi connectivity index (χ2v) is 19.3. The lowest BCUT2D eigenvalue weighted by atomic mass is 9.84. The smallest absolute Gasteiger partial charge is 0.323 e. The van der Waals surface area contributed by atoms with Crippen LogP contribution >= 0.6 is 0 Å². The molecule has 0 saturated heterocycles. The largest absolute Gasteiger partial charge is 0.465 e. The number of aliphatic hydroxyl groups is 1. The first-order valence-electron chi connectivity index (χ1n) is 27.7. The Kier molecular flexibility index (Phi) is 45.6. The molecule has 0 heterocycles. The lowest BCUT2D eigenvalue weighted by molar-refractivity contribution is -0.172. The molecule has 1 N–H and O–H groups in total. The Morgan fingerprint density at radius 3 is 1.21 bits per heavy atom. The minimum absolute atomic E-state index is 0.00198. The highest BCUT2D eigenvalue weighted by molar-refractivity contribution is 5.99. The number of carbonyl (C=O) groups is 3. The van der Waals surface area contributed by atoms with Crippen LogP contribution in [0.5, 0.6) is 0 Å². The van der Waals surface area contributed by atoms with Gasteiger partial charge >= 0.3 is 17.9 Å². The second kappa shape index (κ2) is 46.8. The van der Waals surface area contributed by atoms with Gasteiger partial charge in [-0.2, -0.15) is 0 Å². The van der Waals surface area contributed by atoms with E-state index >= 15 is 0 Å². The highest BCUT2D eigenvalue weighted by atomic mass is 16.6. The van der Waals surface area contributed by atoms with Crippen LogP contribution in [-0.4, -0.2) is 73.5 Å². The number of esters is 3. The number of carbonyl (C=O) groups excluding carboxylic acids is 3. The van der Waals surface area contributed by atoms with Gasteiger partial charge in [0.05, 0.1) is 19.8 Å². The van der Waals surface area contributed by atoms with Crippen LogP contribution in [0.4, 0.5) is 0 Å². The zero-order chi connectivity index (χ0) is 46.3. The first-order chi connectivity index (χ1) is 30.8. The van der Waals surface area contributed by atoms with Gasteiger partial charge in [-0.05, 0) is 84.2 Å². The summed E-state index contributed by atoms with van der Waals surface area (Å²) in [6, 6.07) is 0. The molecule has 0 aromatic heterocycles. The summed E-state index contributed by atoms with van der Waals surface area (Å²) in [6.07, 6.45) is 43.4. The van der Waals surface area contributed by atoms with Crippen molar-refractivity contribution in [2.75, 3.05) is 39.5 Å². The number of hydrogen-bond donors (Lipinski definition) is 1. The quantitative estimate of drug-likeness (QED) is 0.0279. The molecule has 374 valence electrons. The highest BCUT2D eigenvalue weighted by Crippen LogP contribution is 2.29. The fourth-order valence-electron chi connectivity index (χ4n) is 8.65. The number of hydrogen-bond acceptors (Lipinski definition) is 8. The molecule has 0 radical (unpaired) electrons. The monoisotopic (exact) mass is 894 g/mol. The Morgan fingerprint density at radius 1 is 0.444 bits per heavy atom. The molecule has 8 heteroatoms. The summed E-state index contributed by atoms with van der Waals surface area (Å²) >= 11 is 0. The molecule has 0 aromatic carbocycles. The van der Waals surface area contributed by atoms with Gasteiger partial charge in [-0.15, -0.1) is 0 Å². The minimum atomic E-state index is -1.25. The van der Waals surface area contributed by atoms with E-state index in [4.69, 9.17) is 14.2 Å². The van der Waals surface area contributed by atoms with Crippen molar-refractivity contribution < 1.29 is 33.7 Å². The van der Waals surface area contributed by atoms with Crippen molar-refractivity contribution in [1.29, 1.82) is 0 Å². The number of unbranched alkanes of at least 4 members (excludes halogenated alkanes) is 29.